The first kappa shape index (κ1) is 43.7. The number of aliphatic hydroxyl groups is 1. The lowest BCUT2D eigenvalue weighted by atomic mass is 9.82. The number of hydrogen-bond donors (Lipinski definition) is 1. The molecule has 0 bridgehead atoms. The first-order chi connectivity index (χ1) is 30.4. The normalized spacial score (nSPS) is 20.4. The quantitative estimate of drug-likeness (QED) is 0.0806. The molecule has 8 rings (SSSR count). The lowest BCUT2D eigenvalue weighted by Gasteiger charge is -2.37. The third-order valence-corrected chi connectivity index (χ3v) is 17.8. The summed E-state index contributed by atoms with van der Waals surface area (Å²) in [6.45, 7) is 14.1. The monoisotopic (exact) mass is 862 g/mol. The number of amides is 1. The number of aliphatic hydroxyl groups excluding tert-OH is 1. The number of rotatable bonds is 15. The van der Waals surface area contributed by atoms with Gasteiger partial charge >= 0.3 is 0 Å². The summed E-state index contributed by atoms with van der Waals surface area (Å²) < 4.78 is 16.3. The maximum absolute atomic E-state index is 15.6. The summed E-state index contributed by atoms with van der Waals surface area (Å²) in [4.78, 5) is 31.5. The maximum Gasteiger partial charge on any atom is 0.279 e. The summed E-state index contributed by atoms with van der Waals surface area (Å²) in [7, 11) is -0.794. The van der Waals surface area contributed by atoms with E-state index in [0.29, 0.717) is 36.3 Å². The van der Waals surface area contributed by atoms with Crippen LogP contribution < -0.4 is 20.4 Å². The van der Waals surface area contributed by atoms with Crippen LogP contribution in [0, 0.1) is 5.92 Å². The molecule has 2 aromatic heterocycles. The van der Waals surface area contributed by atoms with Crippen LogP contribution in [0.3, 0.4) is 0 Å². The molecular formula is C51H58N6O5Si. The van der Waals surface area contributed by atoms with Gasteiger partial charge in [-0.15, -0.1) is 5.10 Å². The van der Waals surface area contributed by atoms with Gasteiger partial charge in [-0.1, -0.05) is 114 Å². The second kappa shape index (κ2) is 18.0. The summed E-state index contributed by atoms with van der Waals surface area (Å²) in [6.07, 6.45) is 10.1. The molecule has 0 aliphatic carbocycles. The van der Waals surface area contributed by atoms with Crippen LogP contribution in [-0.2, 0) is 21.7 Å². The first-order valence-corrected chi connectivity index (χ1v) is 25.1. The molecule has 2 aliphatic heterocycles. The predicted octanol–water partition coefficient (Wildman–Crippen LogP) is 8.46. The van der Waals surface area contributed by atoms with Gasteiger partial charge in [-0.2, -0.15) is 9.78 Å². The minimum absolute atomic E-state index is 0.0216. The number of aromatic nitrogens is 5. The number of carbonyl (C=O) groups excluding carboxylic acids is 1. The molecule has 4 aromatic carbocycles. The highest BCUT2D eigenvalue weighted by molar-refractivity contribution is 6.91. The standard InChI is InChI=1S/C51H58N6O5Si/c1-34(2)14-13-15-35(3)26-29-56-46-25-20-39(57-49(59)42-19-12-11-18-38(42)31-52-57)30-44(46)51(50(56)60)36(4)48(63(6,7)41-23-21-40(61-5)22-24-41)47(62-51)27-28-55-32-45(53-54-55)43(33-58)37-16-9-8-10-17-37/h8-12,14,16-26,30-32,36,43,47-48,58H,13,15,27-29,33H2,1-7H3/b35-26+/t36-,43?,47+,48-,51+/m1/s1. The molecule has 0 saturated carbocycles. The van der Waals surface area contributed by atoms with Gasteiger partial charge in [0.1, 0.15) is 5.75 Å². The zero-order chi connectivity index (χ0) is 44.5. The Balaban J connectivity index is 1.22. The van der Waals surface area contributed by atoms with Crippen molar-refractivity contribution in [1.29, 1.82) is 0 Å². The number of benzene rings is 4. The van der Waals surface area contributed by atoms with Crippen LogP contribution in [0.5, 0.6) is 5.75 Å². The van der Waals surface area contributed by atoms with Gasteiger partial charge in [-0.25, -0.2) is 0 Å². The molecule has 63 heavy (non-hydrogen) atoms. The fourth-order valence-corrected chi connectivity index (χ4v) is 14.1. The van der Waals surface area contributed by atoms with E-state index in [1.807, 2.05) is 101 Å². The number of carbonyl (C=O) groups is 1. The van der Waals surface area contributed by atoms with Crippen molar-refractivity contribution in [3.05, 3.63) is 160 Å². The average Bonchev–Trinajstić information content (AvgIpc) is 3.95. The van der Waals surface area contributed by atoms with Gasteiger partial charge in [0.15, 0.2) is 5.60 Å². The molecule has 1 fully saturated rings. The SMILES string of the molecule is COc1ccc([Si](C)(C)[C@H]2[C@H](CCn3cc(C(CO)c4ccccc4)nn3)O[C@@]3(C(=O)N(C/C=C(\C)CCC=C(C)C)c4ccc(-n5ncc6ccccc6c5=O)cc43)[C@@H]2C)cc1. The highest BCUT2D eigenvalue weighted by atomic mass is 28.3. The van der Waals surface area contributed by atoms with E-state index in [9.17, 15) is 9.90 Å². The Morgan fingerprint density at radius 2 is 1.71 bits per heavy atom. The van der Waals surface area contributed by atoms with Gasteiger partial charge in [-0.05, 0) is 87.5 Å². The summed E-state index contributed by atoms with van der Waals surface area (Å²) in [5.41, 5.74) is 4.65. The second-order valence-electron chi connectivity index (χ2n) is 17.9. The largest absolute Gasteiger partial charge is 0.497 e. The van der Waals surface area contributed by atoms with E-state index in [1.54, 1.807) is 13.3 Å². The van der Waals surface area contributed by atoms with E-state index in [0.717, 1.165) is 40.8 Å². The van der Waals surface area contributed by atoms with E-state index in [-0.39, 0.29) is 41.6 Å². The van der Waals surface area contributed by atoms with E-state index in [2.05, 4.69) is 80.5 Å². The topological polar surface area (TPSA) is 125 Å². The molecule has 6 aromatic rings. The molecule has 1 amide bonds. The van der Waals surface area contributed by atoms with E-state index < -0.39 is 13.7 Å². The van der Waals surface area contributed by atoms with Gasteiger partial charge in [-0.3, -0.25) is 14.3 Å². The minimum atomic E-state index is -2.47. The van der Waals surface area contributed by atoms with Crippen molar-refractivity contribution in [1.82, 2.24) is 24.8 Å². The molecule has 4 heterocycles. The fraction of sp³-hybridized carbons (Fsp3) is 0.353. The van der Waals surface area contributed by atoms with Crippen molar-refractivity contribution >= 4 is 35.6 Å². The van der Waals surface area contributed by atoms with Crippen molar-refractivity contribution in [2.75, 3.05) is 25.2 Å². The van der Waals surface area contributed by atoms with Crippen LogP contribution in [0.15, 0.2) is 138 Å². The number of methoxy groups -OCH3 is 1. The Morgan fingerprint density at radius 3 is 2.44 bits per heavy atom. The van der Waals surface area contributed by atoms with Crippen molar-refractivity contribution in [2.45, 2.75) is 89.8 Å². The second-order valence-corrected chi connectivity index (χ2v) is 22.6. The molecule has 1 spiro atoms. The number of fused-ring (bicyclic) bond motifs is 3. The fourth-order valence-electron chi connectivity index (χ4n) is 9.99. The van der Waals surface area contributed by atoms with Crippen LogP contribution >= 0.6 is 0 Å². The smallest absolute Gasteiger partial charge is 0.279 e. The van der Waals surface area contributed by atoms with Gasteiger partial charge in [0, 0.05) is 36.2 Å². The zero-order valence-electron chi connectivity index (χ0n) is 37.4. The summed E-state index contributed by atoms with van der Waals surface area (Å²) in [5.74, 6) is 0.126. The Morgan fingerprint density at radius 1 is 0.968 bits per heavy atom. The zero-order valence-corrected chi connectivity index (χ0v) is 38.4. The molecule has 0 radical (unpaired) electrons. The van der Waals surface area contributed by atoms with Crippen molar-refractivity contribution in [3.63, 3.8) is 0 Å². The minimum Gasteiger partial charge on any atom is -0.497 e. The van der Waals surface area contributed by atoms with Gasteiger partial charge in [0.25, 0.3) is 11.5 Å². The highest BCUT2D eigenvalue weighted by Crippen LogP contribution is 2.60. The Labute approximate surface area is 370 Å². The number of hydrogen-bond acceptors (Lipinski definition) is 8. The first-order valence-electron chi connectivity index (χ1n) is 22.0. The maximum atomic E-state index is 15.6. The average molecular weight is 863 g/mol. The van der Waals surface area contributed by atoms with E-state index >= 15 is 4.79 Å². The van der Waals surface area contributed by atoms with Crippen LogP contribution in [-0.4, -0.2) is 70.2 Å². The molecule has 12 heteroatoms. The van der Waals surface area contributed by atoms with Crippen LogP contribution in [0.4, 0.5) is 5.69 Å². The summed E-state index contributed by atoms with van der Waals surface area (Å²) >= 11 is 0. The summed E-state index contributed by atoms with van der Waals surface area (Å²) in [5, 5.41) is 26.6. The molecule has 1 unspecified atom stereocenters. The van der Waals surface area contributed by atoms with Gasteiger partial charge in [0.05, 0.1) is 62.5 Å². The molecular weight excluding hydrogens is 805 g/mol. The van der Waals surface area contributed by atoms with Crippen LogP contribution in [0.25, 0.3) is 16.5 Å². The lowest BCUT2D eigenvalue weighted by Crippen LogP contribution is -2.52. The van der Waals surface area contributed by atoms with Crippen LogP contribution in [0.2, 0.25) is 18.6 Å². The lowest BCUT2D eigenvalue weighted by molar-refractivity contribution is -0.145. The number of anilines is 1. The van der Waals surface area contributed by atoms with Crippen molar-refractivity contribution < 1.29 is 19.4 Å². The van der Waals surface area contributed by atoms with Gasteiger partial charge in [0.2, 0.25) is 0 Å². The molecule has 326 valence electrons. The third kappa shape index (κ3) is 8.23. The third-order valence-electron chi connectivity index (χ3n) is 13.4. The number of allylic oxidation sites excluding steroid dienone is 3. The Hall–Kier alpha value is -5.95. The van der Waals surface area contributed by atoms with Crippen molar-refractivity contribution in [3.8, 4) is 11.4 Å². The number of nitrogens with zero attached hydrogens (tertiary/aromatic N) is 6. The molecule has 5 atom stereocenters. The molecule has 11 nitrogen and oxygen atoms in total. The molecule has 1 saturated heterocycles. The Kier molecular flexibility index (Phi) is 12.5. The van der Waals surface area contributed by atoms with Crippen LogP contribution in [0.1, 0.15) is 69.7 Å². The van der Waals surface area contributed by atoms with E-state index in [4.69, 9.17) is 9.47 Å². The Bertz CT molecular complexity index is 2720. The number of aryl methyl sites for hydroxylation is 1. The molecule has 2 aliphatic rings. The highest BCUT2D eigenvalue weighted by Gasteiger charge is 2.66. The van der Waals surface area contributed by atoms with Crippen molar-refractivity contribution in [2.24, 2.45) is 5.92 Å². The number of ether oxygens (including phenoxy) is 2. The van der Waals surface area contributed by atoms with Gasteiger partial charge < -0.3 is 19.5 Å². The van der Waals surface area contributed by atoms with E-state index in [1.165, 1.54) is 21.0 Å². The predicted molar refractivity (Wildman–Crippen MR) is 252 cm³/mol. The summed E-state index contributed by atoms with van der Waals surface area (Å²) in [6, 6.07) is 31.5. The molecule has 1 N–H and O–H groups in total.